The first-order chi connectivity index (χ1) is 7.11. The van der Waals surface area contributed by atoms with Crippen molar-refractivity contribution in [1.82, 2.24) is 0 Å². The molecule has 0 bridgehead atoms. The van der Waals surface area contributed by atoms with Gasteiger partial charge in [0.1, 0.15) is 11.3 Å². The highest BCUT2D eigenvalue weighted by molar-refractivity contribution is 7.71. The van der Waals surface area contributed by atoms with Crippen LogP contribution in [0.5, 0.6) is 0 Å². The van der Waals surface area contributed by atoms with Gasteiger partial charge in [0.2, 0.25) is 0 Å². The molecule has 0 spiro atoms. The Morgan fingerprint density at radius 3 is 2.73 bits per heavy atom. The molecule has 5 nitrogen and oxygen atoms in total. The van der Waals surface area contributed by atoms with Gasteiger partial charge < -0.3 is 10.2 Å². The van der Waals surface area contributed by atoms with E-state index in [4.69, 9.17) is 22.4 Å². The molecule has 0 aliphatic carbocycles. The van der Waals surface area contributed by atoms with Crippen LogP contribution in [0.4, 0.5) is 11.4 Å². The molecule has 76 valence electrons. The standard InChI is InChI=1S/C9H6N2O3S/c10-7-5-3-1-2-4-6(5)14-9(15)8(7)11(12)13/h1-4H,10H2. The number of rotatable bonds is 1. The van der Waals surface area contributed by atoms with Gasteiger partial charge in [-0.15, -0.1) is 0 Å². The van der Waals surface area contributed by atoms with E-state index in [1.165, 1.54) is 0 Å². The van der Waals surface area contributed by atoms with Crippen molar-refractivity contribution >= 4 is 34.6 Å². The van der Waals surface area contributed by atoms with Gasteiger partial charge in [-0.1, -0.05) is 12.1 Å². The smallest absolute Gasteiger partial charge is 0.346 e. The number of para-hydroxylation sites is 1. The van der Waals surface area contributed by atoms with Gasteiger partial charge >= 0.3 is 5.69 Å². The van der Waals surface area contributed by atoms with E-state index in [0.29, 0.717) is 11.0 Å². The minimum absolute atomic E-state index is 0.0480. The van der Waals surface area contributed by atoms with Crippen LogP contribution in [0.2, 0.25) is 0 Å². The number of nitro groups is 1. The van der Waals surface area contributed by atoms with Crippen molar-refractivity contribution in [2.24, 2.45) is 0 Å². The van der Waals surface area contributed by atoms with Gasteiger partial charge in [-0.05, 0) is 24.4 Å². The van der Waals surface area contributed by atoms with Crippen molar-refractivity contribution in [3.8, 4) is 0 Å². The van der Waals surface area contributed by atoms with Crippen molar-refractivity contribution < 1.29 is 9.34 Å². The Labute approximate surface area is 89.3 Å². The molecule has 2 N–H and O–H groups in total. The summed E-state index contributed by atoms with van der Waals surface area (Å²) in [4.78, 5) is 10.1. The Bertz CT molecular complexity index is 606. The molecule has 0 amide bonds. The van der Waals surface area contributed by atoms with Crippen molar-refractivity contribution in [1.29, 1.82) is 0 Å². The number of anilines is 1. The zero-order chi connectivity index (χ0) is 11.0. The average molecular weight is 222 g/mol. The quantitative estimate of drug-likeness (QED) is 0.455. The van der Waals surface area contributed by atoms with Crippen LogP contribution in [-0.4, -0.2) is 4.92 Å². The Balaban J connectivity index is 2.97. The second-order valence-corrected chi connectivity index (χ2v) is 3.28. The van der Waals surface area contributed by atoms with Crippen molar-refractivity contribution in [2.75, 3.05) is 5.73 Å². The van der Waals surface area contributed by atoms with Crippen LogP contribution in [0.25, 0.3) is 11.0 Å². The molecule has 1 heterocycles. The zero-order valence-corrected chi connectivity index (χ0v) is 8.28. The molecular weight excluding hydrogens is 216 g/mol. The number of nitrogen functional groups attached to an aromatic ring is 1. The fourth-order valence-corrected chi connectivity index (χ4v) is 1.61. The van der Waals surface area contributed by atoms with Crippen LogP contribution in [0.1, 0.15) is 0 Å². The number of nitrogens with zero attached hydrogens (tertiary/aromatic N) is 1. The van der Waals surface area contributed by atoms with Crippen LogP contribution in [0.15, 0.2) is 28.7 Å². The lowest BCUT2D eigenvalue weighted by Gasteiger charge is -2.01. The van der Waals surface area contributed by atoms with Crippen LogP contribution >= 0.6 is 12.2 Å². The van der Waals surface area contributed by atoms with E-state index in [1.54, 1.807) is 24.3 Å². The lowest BCUT2D eigenvalue weighted by Crippen LogP contribution is -1.97. The Kier molecular flexibility index (Phi) is 2.12. The molecule has 0 radical (unpaired) electrons. The zero-order valence-electron chi connectivity index (χ0n) is 7.47. The summed E-state index contributed by atoms with van der Waals surface area (Å²) in [6.45, 7) is 0. The summed E-state index contributed by atoms with van der Waals surface area (Å²) >= 11 is 4.75. The van der Waals surface area contributed by atoms with Crippen molar-refractivity contribution in [3.05, 3.63) is 39.1 Å². The van der Waals surface area contributed by atoms with Gasteiger partial charge in [0.25, 0.3) is 4.71 Å². The number of nitrogens with two attached hydrogens (primary N) is 1. The van der Waals surface area contributed by atoms with E-state index < -0.39 is 4.92 Å². The van der Waals surface area contributed by atoms with E-state index in [9.17, 15) is 10.1 Å². The maximum absolute atomic E-state index is 10.7. The largest absolute Gasteiger partial charge is 0.439 e. The first kappa shape index (κ1) is 9.60. The number of hydrogen-bond donors (Lipinski definition) is 1. The topological polar surface area (TPSA) is 82.3 Å². The predicted molar refractivity (Wildman–Crippen MR) is 58.1 cm³/mol. The molecule has 0 saturated carbocycles. The predicted octanol–water partition coefficient (Wildman–Crippen LogP) is 2.65. The number of fused-ring (bicyclic) bond motifs is 1. The average Bonchev–Trinajstić information content (AvgIpc) is 2.17. The Hall–Kier alpha value is -1.95. The maximum Gasteiger partial charge on any atom is 0.346 e. The molecule has 0 unspecified atom stereocenters. The summed E-state index contributed by atoms with van der Waals surface area (Å²) in [6, 6.07) is 6.77. The third-order valence-corrected chi connectivity index (χ3v) is 2.29. The van der Waals surface area contributed by atoms with E-state index in [-0.39, 0.29) is 16.1 Å². The molecule has 0 fully saturated rings. The molecule has 2 rings (SSSR count). The second-order valence-electron chi connectivity index (χ2n) is 2.91. The molecular formula is C9H6N2O3S. The van der Waals surface area contributed by atoms with Crippen molar-refractivity contribution in [2.45, 2.75) is 0 Å². The fraction of sp³-hybridized carbons (Fsp3) is 0. The summed E-state index contributed by atoms with van der Waals surface area (Å²) in [7, 11) is 0. The Morgan fingerprint density at radius 2 is 2.07 bits per heavy atom. The van der Waals surface area contributed by atoms with E-state index >= 15 is 0 Å². The summed E-state index contributed by atoms with van der Waals surface area (Å²) in [5.41, 5.74) is 5.81. The minimum Gasteiger partial charge on any atom is -0.439 e. The SMILES string of the molecule is Nc1c([N+](=O)[O-])c(=S)oc2ccccc12. The lowest BCUT2D eigenvalue weighted by atomic mass is 10.2. The molecule has 0 atom stereocenters. The number of hydrogen-bond acceptors (Lipinski definition) is 5. The lowest BCUT2D eigenvalue weighted by molar-refractivity contribution is -0.385. The van der Waals surface area contributed by atoms with Crippen LogP contribution < -0.4 is 5.73 Å². The van der Waals surface area contributed by atoms with Gasteiger partial charge in [0.05, 0.1) is 4.92 Å². The highest BCUT2D eigenvalue weighted by atomic mass is 32.1. The Morgan fingerprint density at radius 1 is 1.40 bits per heavy atom. The van der Waals surface area contributed by atoms with Gasteiger partial charge in [-0.2, -0.15) is 0 Å². The first-order valence-corrected chi connectivity index (χ1v) is 4.48. The molecule has 0 aliphatic rings. The van der Waals surface area contributed by atoms with Crippen LogP contribution in [-0.2, 0) is 0 Å². The third kappa shape index (κ3) is 1.44. The van der Waals surface area contributed by atoms with Crippen LogP contribution in [0, 0.1) is 14.8 Å². The normalized spacial score (nSPS) is 10.4. The van der Waals surface area contributed by atoms with Crippen LogP contribution in [0.3, 0.4) is 0 Å². The molecule has 1 aromatic carbocycles. The van der Waals surface area contributed by atoms with E-state index in [2.05, 4.69) is 0 Å². The van der Waals surface area contributed by atoms with E-state index in [1.807, 2.05) is 0 Å². The first-order valence-electron chi connectivity index (χ1n) is 4.07. The second kappa shape index (κ2) is 3.32. The van der Waals surface area contributed by atoms with Gasteiger partial charge in [-0.3, -0.25) is 10.1 Å². The molecule has 0 aliphatic heterocycles. The van der Waals surface area contributed by atoms with Gasteiger partial charge in [0, 0.05) is 5.39 Å². The fourth-order valence-electron chi connectivity index (χ4n) is 1.34. The molecule has 1 aromatic heterocycles. The molecule has 6 heteroatoms. The van der Waals surface area contributed by atoms with Gasteiger partial charge in [0.15, 0.2) is 0 Å². The number of benzene rings is 1. The summed E-state index contributed by atoms with van der Waals surface area (Å²) in [6.07, 6.45) is 0. The minimum atomic E-state index is -0.631. The van der Waals surface area contributed by atoms with Crippen molar-refractivity contribution in [3.63, 3.8) is 0 Å². The maximum atomic E-state index is 10.7. The van der Waals surface area contributed by atoms with Gasteiger partial charge in [-0.25, -0.2) is 0 Å². The molecule has 2 aromatic rings. The summed E-state index contributed by atoms with van der Waals surface area (Å²) in [5.74, 6) is 0. The third-order valence-electron chi connectivity index (χ3n) is 2.01. The van der Waals surface area contributed by atoms with E-state index in [0.717, 1.165) is 0 Å². The molecule has 0 saturated heterocycles. The summed E-state index contributed by atoms with van der Waals surface area (Å²) < 4.78 is 4.93. The highest BCUT2D eigenvalue weighted by Crippen LogP contribution is 2.31. The summed E-state index contributed by atoms with van der Waals surface area (Å²) in [5, 5.41) is 11.2. The monoisotopic (exact) mass is 222 g/mol. The molecule has 15 heavy (non-hydrogen) atoms. The highest BCUT2D eigenvalue weighted by Gasteiger charge is 2.19.